The summed E-state index contributed by atoms with van der Waals surface area (Å²) in [5.41, 5.74) is -0.473. The average molecular weight is 235 g/mol. The van der Waals surface area contributed by atoms with Crippen molar-refractivity contribution in [3.8, 4) is 5.75 Å². The summed E-state index contributed by atoms with van der Waals surface area (Å²) < 4.78 is 12.7. The summed E-state index contributed by atoms with van der Waals surface area (Å²) in [6, 6.07) is 2.11. The van der Waals surface area contributed by atoms with Crippen molar-refractivity contribution in [1.82, 2.24) is 0 Å². The molecule has 0 saturated heterocycles. The number of hydrogen-bond acceptors (Lipinski definition) is 2. The van der Waals surface area contributed by atoms with Gasteiger partial charge in [-0.05, 0) is 28.1 Å². The van der Waals surface area contributed by atoms with E-state index in [1.54, 1.807) is 0 Å². The predicted octanol–water partition coefficient (Wildman–Crippen LogP) is 1.99. The fourth-order valence-electron chi connectivity index (χ4n) is 0.704. The Bertz CT molecular complexity index is 338. The first-order chi connectivity index (χ1) is 5.54. The Morgan fingerprint density at radius 3 is 2.58 bits per heavy atom. The van der Waals surface area contributed by atoms with Gasteiger partial charge in [0.25, 0.3) is 0 Å². The maximum Gasteiger partial charge on any atom is 0.338 e. The van der Waals surface area contributed by atoms with Gasteiger partial charge in [-0.15, -0.1) is 0 Å². The molecule has 2 N–H and O–H groups in total. The molecule has 0 bridgehead atoms. The molecular weight excluding hydrogens is 231 g/mol. The number of carbonyl (C=O) groups is 1. The Morgan fingerprint density at radius 1 is 1.50 bits per heavy atom. The molecule has 0 spiro atoms. The number of phenolic OH excluding ortho intramolecular Hbond substituents is 1. The number of hydrogen-bond donors (Lipinski definition) is 2. The van der Waals surface area contributed by atoms with Crippen LogP contribution in [0.25, 0.3) is 0 Å². The van der Waals surface area contributed by atoms with Crippen molar-refractivity contribution in [2.24, 2.45) is 0 Å². The van der Waals surface area contributed by atoms with Crippen LogP contribution in [0.5, 0.6) is 5.75 Å². The minimum atomic E-state index is -1.37. The molecule has 0 amide bonds. The van der Waals surface area contributed by atoms with E-state index < -0.39 is 17.3 Å². The van der Waals surface area contributed by atoms with E-state index in [1.165, 1.54) is 0 Å². The molecule has 0 aliphatic rings. The molecule has 1 aromatic carbocycles. The molecule has 3 nitrogen and oxygen atoms in total. The van der Waals surface area contributed by atoms with Crippen LogP contribution in [-0.4, -0.2) is 16.2 Å². The van der Waals surface area contributed by atoms with Gasteiger partial charge in [0, 0.05) is 0 Å². The lowest BCUT2D eigenvalue weighted by atomic mass is 10.2. The highest BCUT2D eigenvalue weighted by Crippen LogP contribution is 2.28. The van der Waals surface area contributed by atoms with Crippen molar-refractivity contribution in [2.45, 2.75) is 0 Å². The van der Waals surface area contributed by atoms with E-state index in [-0.39, 0.29) is 10.2 Å². The van der Waals surface area contributed by atoms with E-state index in [1.807, 2.05) is 0 Å². The number of carboxylic acid groups (broad SMARTS) is 1. The maximum absolute atomic E-state index is 12.9. The molecule has 12 heavy (non-hydrogen) atoms. The molecule has 0 fully saturated rings. The molecule has 64 valence electrons. The highest BCUT2D eigenvalue weighted by molar-refractivity contribution is 9.10. The smallest absolute Gasteiger partial charge is 0.338 e. The topological polar surface area (TPSA) is 57.5 Å². The quantitative estimate of drug-likeness (QED) is 0.782. The number of benzene rings is 1. The zero-order valence-electron chi connectivity index (χ0n) is 5.71. The van der Waals surface area contributed by atoms with E-state index in [4.69, 9.17) is 10.2 Å². The second-order valence-corrected chi connectivity index (χ2v) is 2.86. The van der Waals surface area contributed by atoms with Crippen molar-refractivity contribution in [3.63, 3.8) is 0 Å². The Kier molecular flexibility index (Phi) is 2.32. The van der Waals surface area contributed by atoms with Crippen LogP contribution >= 0.6 is 15.9 Å². The lowest BCUT2D eigenvalue weighted by Gasteiger charge is -2.00. The molecule has 1 rings (SSSR count). The second-order valence-electron chi connectivity index (χ2n) is 2.07. The van der Waals surface area contributed by atoms with Gasteiger partial charge >= 0.3 is 5.97 Å². The number of aromatic carboxylic acids is 1. The summed E-state index contributed by atoms with van der Waals surface area (Å²) in [5, 5.41) is 17.4. The maximum atomic E-state index is 12.9. The fourth-order valence-corrected chi connectivity index (χ4v) is 1.05. The third-order valence-corrected chi connectivity index (χ3v) is 2.05. The molecule has 0 aromatic heterocycles. The van der Waals surface area contributed by atoms with Gasteiger partial charge in [0.1, 0.15) is 5.75 Å². The standard InChI is InChI=1S/C7H4BrFO3/c8-5-4(10)2-1-3(6(5)9)7(11)12/h1-2,10H,(H,11,12). The third-order valence-electron chi connectivity index (χ3n) is 1.29. The minimum Gasteiger partial charge on any atom is -0.507 e. The molecule has 0 unspecified atom stereocenters. The highest BCUT2D eigenvalue weighted by Gasteiger charge is 2.15. The predicted molar refractivity (Wildman–Crippen MR) is 42.7 cm³/mol. The van der Waals surface area contributed by atoms with Crippen molar-refractivity contribution in [2.75, 3.05) is 0 Å². The van der Waals surface area contributed by atoms with Gasteiger partial charge in [0.05, 0.1) is 10.0 Å². The van der Waals surface area contributed by atoms with E-state index in [9.17, 15) is 9.18 Å². The Labute approximate surface area is 75.6 Å². The summed E-state index contributed by atoms with van der Waals surface area (Å²) in [6.07, 6.45) is 0. The van der Waals surface area contributed by atoms with Crippen LogP contribution in [-0.2, 0) is 0 Å². The van der Waals surface area contributed by atoms with Gasteiger partial charge in [-0.25, -0.2) is 9.18 Å². The number of rotatable bonds is 1. The summed E-state index contributed by atoms with van der Waals surface area (Å²) in [5.74, 6) is -2.66. The third kappa shape index (κ3) is 1.40. The van der Waals surface area contributed by atoms with Crippen LogP contribution in [0.15, 0.2) is 16.6 Å². The number of carboxylic acids is 1. The second kappa shape index (κ2) is 3.10. The molecule has 0 aliphatic carbocycles. The van der Waals surface area contributed by atoms with Gasteiger partial charge in [-0.3, -0.25) is 0 Å². The summed E-state index contributed by atoms with van der Waals surface area (Å²) in [4.78, 5) is 10.3. The first-order valence-corrected chi connectivity index (χ1v) is 3.73. The average Bonchev–Trinajstić information content (AvgIpc) is 2.00. The van der Waals surface area contributed by atoms with E-state index >= 15 is 0 Å². The van der Waals surface area contributed by atoms with E-state index in [2.05, 4.69) is 15.9 Å². The molecule has 0 aliphatic heterocycles. The zero-order valence-corrected chi connectivity index (χ0v) is 7.30. The summed E-state index contributed by atoms with van der Waals surface area (Å²) in [6.45, 7) is 0. The molecule has 0 saturated carbocycles. The van der Waals surface area contributed by atoms with Gasteiger partial charge in [0.2, 0.25) is 0 Å². The lowest BCUT2D eigenvalue weighted by Crippen LogP contribution is -2.00. The van der Waals surface area contributed by atoms with E-state index in [0.29, 0.717) is 0 Å². The Hall–Kier alpha value is -1.10. The van der Waals surface area contributed by atoms with Crippen LogP contribution in [0.4, 0.5) is 4.39 Å². The number of phenols is 1. The SMILES string of the molecule is O=C(O)c1ccc(O)c(Br)c1F. The molecule has 0 atom stereocenters. The summed E-state index contributed by atoms with van der Waals surface area (Å²) >= 11 is 2.71. The molecule has 0 radical (unpaired) electrons. The Morgan fingerprint density at radius 2 is 2.08 bits per heavy atom. The van der Waals surface area contributed by atoms with Crippen molar-refractivity contribution in [3.05, 3.63) is 28.0 Å². The van der Waals surface area contributed by atoms with Gasteiger partial charge in [0.15, 0.2) is 5.82 Å². The van der Waals surface area contributed by atoms with Crippen LogP contribution in [0.2, 0.25) is 0 Å². The summed E-state index contributed by atoms with van der Waals surface area (Å²) in [7, 11) is 0. The lowest BCUT2D eigenvalue weighted by molar-refractivity contribution is 0.0691. The van der Waals surface area contributed by atoms with Crippen molar-refractivity contribution >= 4 is 21.9 Å². The molecular formula is C7H4BrFO3. The van der Waals surface area contributed by atoms with Gasteiger partial charge in [-0.1, -0.05) is 0 Å². The normalized spacial score (nSPS) is 9.83. The van der Waals surface area contributed by atoms with Crippen molar-refractivity contribution in [1.29, 1.82) is 0 Å². The first-order valence-electron chi connectivity index (χ1n) is 2.94. The fraction of sp³-hybridized carbons (Fsp3) is 0. The van der Waals surface area contributed by atoms with Crippen molar-refractivity contribution < 1.29 is 19.4 Å². The van der Waals surface area contributed by atoms with Crippen LogP contribution < -0.4 is 0 Å². The van der Waals surface area contributed by atoms with Crippen LogP contribution in [0.3, 0.4) is 0 Å². The highest BCUT2D eigenvalue weighted by atomic mass is 79.9. The zero-order chi connectivity index (χ0) is 9.30. The van der Waals surface area contributed by atoms with Gasteiger partial charge < -0.3 is 10.2 Å². The minimum absolute atomic E-state index is 0.234. The number of aromatic hydroxyl groups is 1. The van der Waals surface area contributed by atoms with Gasteiger partial charge in [-0.2, -0.15) is 0 Å². The van der Waals surface area contributed by atoms with Crippen LogP contribution in [0.1, 0.15) is 10.4 Å². The Balaban J connectivity index is 3.36. The molecule has 1 aromatic rings. The van der Waals surface area contributed by atoms with Crippen LogP contribution in [0, 0.1) is 5.82 Å². The number of halogens is 2. The first kappa shape index (κ1) is 8.99. The monoisotopic (exact) mass is 234 g/mol. The molecule has 0 heterocycles. The molecule has 5 heteroatoms. The largest absolute Gasteiger partial charge is 0.507 e. The van der Waals surface area contributed by atoms with E-state index in [0.717, 1.165) is 12.1 Å².